The van der Waals surface area contributed by atoms with E-state index in [4.69, 9.17) is 5.41 Å². The average molecular weight is 230 g/mol. The Bertz CT molecular complexity index is 364. The number of aromatic amines is 1. The van der Waals surface area contributed by atoms with Crippen LogP contribution >= 0.6 is 0 Å². The molecule has 0 bridgehead atoms. The van der Waals surface area contributed by atoms with Crippen molar-refractivity contribution in [3.8, 4) is 0 Å². The van der Waals surface area contributed by atoms with Crippen LogP contribution in [0.3, 0.4) is 0 Å². The van der Waals surface area contributed by atoms with Crippen LogP contribution in [0.2, 0.25) is 0 Å². The van der Waals surface area contributed by atoms with Gasteiger partial charge in [0.2, 0.25) is 0 Å². The molecular weight excluding hydrogens is 215 g/mol. The second-order valence-electron chi connectivity index (χ2n) is 3.44. The number of hydrogen-bond donors (Lipinski definition) is 2. The normalized spacial score (nSPS) is 10.2. The fourth-order valence-corrected chi connectivity index (χ4v) is 1.98. The zero-order valence-electron chi connectivity index (χ0n) is 8.58. The maximum atomic E-state index is 7.35. The molecule has 0 aliphatic heterocycles. The third-order valence-electron chi connectivity index (χ3n) is 2.10. The number of hydrogen-bond acceptors (Lipinski definition) is 1. The summed E-state index contributed by atoms with van der Waals surface area (Å²) in [6.45, 7) is 7.97. The van der Waals surface area contributed by atoms with Gasteiger partial charge in [0.15, 0.2) is 0 Å². The van der Waals surface area contributed by atoms with Crippen LogP contribution < -0.4 is 4.46 Å². The fraction of sp³-hybridized carbons (Fsp3) is 0.364. The van der Waals surface area contributed by atoms with E-state index in [1.165, 1.54) is 6.21 Å². The summed E-state index contributed by atoms with van der Waals surface area (Å²) in [7, 11) is 0. The Balaban J connectivity index is 3.15. The minimum atomic E-state index is 0.809. The summed E-state index contributed by atoms with van der Waals surface area (Å²) in [6.07, 6.45) is 3.14. The summed E-state index contributed by atoms with van der Waals surface area (Å²) in [5.41, 5.74) is 4.28. The molecule has 3 heteroatoms. The predicted molar refractivity (Wildman–Crippen MR) is 56.2 cm³/mol. The van der Waals surface area contributed by atoms with Gasteiger partial charge < -0.3 is 0 Å². The standard InChI is InChI=1S/C11H15N2.Mn/c1-4-10-6-9(7-12)11(13-10)5-8(2)3;/h7,12-13H,2,4-5H2,1,3H3;. The number of allylic oxidation sites excluding steroid dienone is 1. The van der Waals surface area contributed by atoms with Gasteiger partial charge in [-0.05, 0) is 0 Å². The van der Waals surface area contributed by atoms with Gasteiger partial charge in [-0.3, -0.25) is 0 Å². The third-order valence-corrected chi connectivity index (χ3v) is 2.78. The number of aryl methyl sites for hydroxylation is 1. The van der Waals surface area contributed by atoms with Crippen LogP contribution in [0.4, 0.5) is 0 Å². The van der Waals surface area contributed by atoms with E-state index >= 15 is 0 Å². The number of nitrogens with one attached hydrogen (secondary N) is 2. The molecule has 2 nitrogen and oxygen atoms in total. The zero-order chi connectivity index (χ0) is 10.7. The molecule has 0 saturated heterocycles. The van der Waals surface area contributed by atoms with Crippen LogP contribution in [-0.4, -0.2) is 11.2 Å². The van der Waals surface area contributed by atoms with Crippen molar-refractivity contribution in [3.63, 3.8) is 0 Å². The van der Waals surface area contributed by atoms with Crippen LogP contribution in [0.5, 0.6) is 0 Å². The molecule has 1 rings (SSSR count). The maximum absolute atomic E-state index is 7.35. The topological polar surface area (TPSA) is 39.6 Å². The molecule has 0 aliphatic carbocycles. The Hall–Kier alpha value is -0.791. The molecule has 0 aliphatic rings. The minimum absolute atomic E-state index is 0.809. The van der Waals surface area contributed by atoms with Gasteiger partial charge in [-0.25, -0.2) is 0 Å². The van der Waals surface area contributed by atoms with Gasteiger partial charge in [-0.15, -0.1) is 0 Å². The monoisotopic (exact) mass is 230 g/mol. The molecule has 0 saturated carbocycles. The summed E-state index contributed by atoms with van der Waals surface area (Å²) in [5, 5.41) is 7.35. The van der Waals surface area contributed by atoms with Crippen molar-refractivity contribution in [1.29, 1.82) is 5.41 Å². The second kappa shape index (κ2) is 4.63. The first-order chi connectivity index (χ1) is 6.60. The molecule has 0 amide bonds. The Morgan fingerprint density at radius 2 is 2.21 bits per heavy atom. The summed E-state index contributed by atoms with van der Waals surface area (Å²) in [6, 6.07) is 0. The Morgan fingerprint density at radius 3 is 2.64 bits per heavy atom. The van der Waals surface area contributed by atoms with E-state index in [-0.39, 0.29) is 0 Å². The van der Waals surface area contributed by atoms with Gasteiger partial charge in [-0.1, -0.05) is 0 Å². The van der Waals surface area contributed by atoms with Gasteiger partial charge >= 0.3 is 92.9 Å². The van der Waals surface area contributed by atoms with Gasteiger partial charge in [0.05, 0.1) is 0 Å². The molecule has 1 aromatic rings. The molecule has 2 N–H and O–H groups in total. The molecule has 14 heavy (non-hydrogen) atoms. The first-order valence-electron chi connectivity index (χ1n) is 4.64. The van der Waals surface area contributed by atoms with E-state index in [0.717, 1.165) is 39.8 Å². The van der Waals surface area contributed by atoms with Crippen molar-refractivity contribution in [2.24, 2.45) is 0 Å². The van der Waals surface area contributed by atoms with Crippen LogP contribution in [0.1, 0.15) is 30.8 Å². The van der Waals surface area contributed by atoms with Crippen molar-refractivity contribution in [2.45, 2.75) is 26.7 Å². The first-order valence-corrected chi connectivity index (χ1v) is 5.23. The molecule has 0 radical (unpaired) electrons. The summed E-state index contributed by atoms with van der Waals surface area (Å²) in [4.78, 5) is 3.32. The first kappa shape index (κ1) is 11.3. The molecule has 0 atom stereocenters. The summed E-state index contributed by atoms with van der Waals surface area (Å²) >= 11 is 3.50. The fourth-order valence-electron chi connectivity index (χ4n) is 1.43. The quantitative estimate of drug-likeness (QED) is 0.450. The Morgan fingerprint density at radius 1 is 1.57 bits per heavy atom. The molecule has 76 valence electrons. The number of rotatable bonds is 4. The molecule has 1 heterocycles. The van der Waals surface area contributed by atoms with Crippen molar-refractivity contribution >= 4 is 10.7 Å². The average Bonchev–Trinajstić information content (AvgIpc) is 2.41. The van der Waals surface area contributed by atoms with E-state index in [1.807, 2.05) is 6.92 Å². The Labute approximate surface area is 93.1 Å². The summed E-state index contributed by atoms with van der Waals surface area (Å²) < 4.78 is 1.02. The van der Waals surface area contributed by atoms with Crippen molar-refractivity contribution in [3.05, 3.63) is 29.1 Å². The molecule has 1 aromatic heterocycles. The van der Waals surface area contributed by atoms with Crippen molar-refractivity contribution in [1.82, 2.24) is 4.98 Å². The number of H-pyrrole nitrogens is 1. The van der Waals surface area contributed by atoms with Gasteiger partial charge in [-0.2, -0.15) is 0 Å². The van der Waals surface area contributed by atoms with Crippen LogP contribution in [-0.2, 0) is 28.9 Å². The van der Waals surface area contributed by atoms with Crippen LogP contribution in [0.15, 0.2) is 12.2 Å². The van der Waals surface area contributed by atoms with Gasteiger partial charge in [0.25, 0.3) is 0 Å². The molecular formula is C11H15MnN2. The van der Waals surface area contributed by atoms with Gasteiger partial charge in [0, 0.05) is 0 Å². The summed E-state index contributed by atoms with van der Waals surface area (Å²) in [5.74, 6) is 0. The van der Waals surface area contributed by atoms with Crippen molar-refractivity contribution < 1.29 is 16.0 Å². The van der Waals surface area contributed by atoms with E-state index in [2.05, 4.69) is 34.5 Å². The van der Waals surface area contributed by atoms with Crippen LogP contribution in [0, 0.1) is 5.41 Å². The predicted octanol–water partition coefficient (Wildman–Crippen LogP) is 1.87. The van der Waals surface area contributed by atoms with Crippen molar-refractivity contribution in [2.75, 3.05) is 0 Å². The number of aromatic nitrogens is 1. The Kier molecular flexibility index (Phi) is 3.73. The third kappa shape index (κ3) is 2.17. The van der Waals surface area contributed by atoms with E-state index < -0.39 is 0 Å². The molecule has 0 fully saturated rings. The van der Waals surface area contributed by atoms with Crippen LogP contribution in [0.25, 0.3) is 0 Å². The van der Waals surface area contributed by atoms with E-state index in [1.54, 1.807) is 0 Å². The van der Waals surface area contributed by atoms with Gasteiger partial charge in [0.1, 0.15) is 0 Å². The van der Waals surface area contributed by atoms with E-state index in [0.29, 0.717) is 0 Å². The van der Waals surface area contributed by atoms with E-state index in [9.17, 15) is 0 Å². The molecule has 0 spiro atoms. The zero-order valence-corrected chi connectivity index (χ0v) is 9.76. The second-order valence-corrected chi connectivity index (χ2v) is 4.03. The molecule has 0 unspecified atom stereocenters. The SMILES string of the molecule is C=C(C)Cc1[nH]c(CC)[c]([Mn])c1C=N. The molecule has 0 aromatic carbocycles.